The van der Waals surface area contributed by atoms with Crippen LogP contribution in [0.2, 0.25) is 0 Å². The Labute approximate surface area is 124 Å². The molecule has 0 aromatic heterocycles. The summed E-state index contributed by atoms with van der Waals surface area (Å²) in [7, 11) is 1.83. The molecule has 6 heteroatoms. The van der Waals surface area contributed by atoms with Crippen LogP contribution in [0.4, 0.5) is 0 Å². The van der Waals surface area contributed by atoms with E-state index in [1.54, 1.807) is 12.1 Å². The molecule has 21 heavy (non-hydrogen) atoms. The number of hydrogen-bond acceptors (Lipinski definition) is 5. The number of benzene rings is 1. The number of ether oxygens (including phenoxy) is 2. The topological polar surface area (TPSA) is 71.0 Å². The molecule has 0 bridgehead atoms. The molecule has 1 aromatic rings. The molecule has 1 amide bonds. The molecular weight excluding hydrogens is 272 g/mol. The number of nitrogens with one attached hydrogen (secondary N) is 1. The number of rotatable bonds is 6. The Kier molecular flexibility index (Phi) is 4.90. The van der Waals surface area contributed by atoms with E-state index >= 15 is 0 Å². The third-order valence-corrected chi connectivity index (χ3v) is 3.14. The quantitative estimate of drug-likeness (QED) is 0.828. The maximum Gasteiger partial charge on any atom is 0.234 e. The van der Waals surface area contributed by atoms with Crippen LogP contribution < -0.4 is 14.8 Å². The van der Waals surface area contributed by atoms with Crippen LogP contribution in [0.3, 0.4) is 0 Å². The van der Waals surface area contributed by atoms with Crippen molar-refractivity contribution in [2.24, 2.45) is 5.92 Å². The van der Waals surface area contributed by atoms with Gasteiger partial charge < -0.3 is 19.9 Å². The average molecular weight is 294 g/mol. The largest absolute Gasteiger partial charge is 0.507 e. The summed E-state index contributed by atoms with van der Waals surface area (Å²) >= 11 is 0. The van der Waals surface area contributed by atoms with Crippen molar-refractivity contribution in [1.29, 1.82) is 0 Å². The number of likely N-dealkylation sites (N-methyl/N-ethyl adjacent to an activating group) is 1. The average Bonchev–Trinajstić information content (AvgIpc) is 2.83. The molecule has 0 saturated carbocycles. The highest BCUT2D eigenvalue weighted by molar-refractivity contribution is 5.77. The number of fused-ring (bicyclic) bond motifs is 1. The molecule has 1 heterocycles. The van der Waals surface area contributed by atoms with Crippen LogP contribution in [0.1, 0.15) is 19.4 Å². The predicted octanol–water partition coefficient (Wildman–Crippen LogP) is 1.32. The Morgan fingerprint density at radius 1 is 1.38 bits per heavy atom. The lowest BCUT2D eigenvalue weighted by Crippen LogP contribution is -2.36. The van der Waals surface area contributed by atoms with E-state index in [1.165, 1.54) is 0 Å². The molecule has 0 unspecified atom stereocenters. The maximum atomic E-state index is 11.8. The molecular formula is C15H22N2O4. The molecule has 0 saturated heterocycles. The summed E-state index contributed by atoms with van der Waals surface area (Å²) in [5.41, 5.74) is 0.707. The fourth-order valence-electron chi connectivity index (χ4n) is 2.07. The summed E-state index contributed by atoms with van der Waals surface area (Å²) in [4.78, 5) is 13.6. The van der Waals surface area contributed by atoms with E-state index in [-0.39, 0.29) is 25.0 Å². The molecule has 2 N–H and O–H groups in total. The zero-order valence-electron chi connectivity index (χ0n) is 12.7. The van der Waals surface area contributed by atoms with Crippen molar-refractivity contribution < 1.29 is 19.4 Å². The van der Waals surface area contributed by atoms with Gasteiger partial charge in [0.15, 0.2) is 11.5 Å². The van der Waals surface area contributed by atoms with E-state index in [4.69, 9.17) is 9.47 Å². The van der Waals surface area contributed by atoms with Crippen molar-refractivity contribution in [2.75, 3.05) is 26.9 Å². The zero-order chi connectivity index (χ0) is 15.4. The maximum absolute atomic E-state index is 11.8. The number of phenols is 1. The molecule has 0 spiro atoms. The second-order valence-electron chi connectivity index (χ2n) is 5.70. The highest BCUT2D eigenvalue weighted by Crippen LogP contribution is 2.37. The normalized spacial score (nSPS) is 13.0. The van der Waals surface area contributed by atoms with Crippen LogP contribution in [0.25, 0.3) is 0 Å². The Bertz CT molecular complexity index is 517. The number of carbonyl (C=O) groups is 1. The van der Waals surface area contributed by atoms with Gasteiger partial charge in [0.2, 0.25) is 12.7 Å². The van der Waals surface area contributed by atoms with Crippen molar-refractivity contribution in [3.8, 4) is 17.2 Å². The number of hydrogen-bond donors (Lipinski definition) is 2. The second-order valence-corrected chi connectivity index (χ2v) is 5.70. The van der Waals surface area contributed by atoms with Gasteiger partial charge in [-0.1, -0.05) is 13.8 Å². The molecule has 0 fully saturated rings. The van der Waals surface area contributed by atoms with Crippen LogP contribution in [0.15, 0.2) is 12.1 Å². The van der Waals surface area contributed by atoms with Crippen molar-refractivity contribution in [3.05, 3.63) is 17.7 Å². The third kappa shape index (κ3) is 4.26. The van der Waals surface area contributed by atoms with Gasteiger partial charge in [0.25, 0.3) is 0 Å². The number of nitrogens with zero attached hydrogens (tertiary/aromatic N) is 1. The third-order valence-electron chi connectivity index (χ3n) is 3.14. The van der Waals surface area contributed by atoms with Gasteiger partial charge in [-0.15, -0.1) is 0 Å². The number of aromatic hydroxyl groups is 1. The lowest BCUT2D eigenvalue weighted by Gasteiger charge is -2.18. The first-order chi connectivity index (χ1) is 9.95. The van der Waals surface area contributed by atoms with Gasteiger partial charge in [0, 0.05) is 24.7 Å². The van der Waals surface area contributed by atoms with Crippen molar-refractivity contribution >= 4 is 5.91 Å². The molecule has 0 atom stereocenters. The van der Waals surface area contributed by atoms with Crippen molar-refractivity contribution in [2.45, 2.75) is 20.4 Å². The minimum Gasteiger partial charge on any atom is -0.507 e. The highest BCUT2D eigenvalue weighted by Gasteiger charge is 2.18. The monoisotopic (exact) mass is 294 g/mol. The van der Waals surface area contributed by atoms with Gasteiger partial charge in [0.1, 0.15) is 5.75 Å². The van der Waals surface area contributed by atoms with Gasteiger partial charge in [0.05, 0.1) is 6.54 Å². The summed E-state index contributed by atoms with van der Waals surface area (Å²) < 4.78 is 10.5. The van der Waals surface area contributed by atoms with Crippen LogP contribution in [0, 0.1) is 5.92 Å². The van der Waals surface area contributed by atoms with Crippen molar-refractivity contribution in [3.63, 3.8) is 0 Å². The van der Waals surface area contributed by atoms with E-state index in [2.05, 4.69) is 19.2 Å². The number of phenolic OH excluding ortho intramolecular Hbond substituents is 1. The summed E-state index contributed by atoms with van der Waals surface area (Å²) in [6, 6.07) is 3.30. The van der Waals surface area contributed by atoms with Gasteiger partial charge in [-0.05, 0) is 19.0 Å². The molecule has 1 aliphatic rings. The number of carbonyl (C=O) groups excluding carboxylic acids is 1. The Morgan fingerprint density at radius 2 is 2.05 bits per heavy atom. The standard InChI is InChI=1S/C15H22N2O4/c1-10(2)6-16-15(19)8-17(3)7-11-4-13-14(5-12(11)18)21-9-20-13/h4-5,10,18H,6-9H2,1-3H3,(H,16,19). The molecule has 6 nitrogen and oxygen atoms in total. The van der Waals surface area contributed by atoms with Crippen LogP contribution in [-0.2, 0) is 11.3 Å². The summed E-state index contributed by atoms with van der Waals surface area (Å²) in [6.07, 6.45) is 0. The molecule has 0 aliphatic carbocycles. The molecule has 2 rings (SSSR count). The first kappa shape index (κ1) is 15.4. The molecule has 0 radical (unpaired) electrons. The van der Waals surface area contributed by atoms with Crippen LogP contribution in [-0.4, -0.2) is 42.8 Å². The lowest BCUT2D eigenvalue weighted by molar-refractivity contribution is -0.122. The van der Waals surface area contributed by atoms with E-state index in [9.17, 15) is 9.90 Å². The lowest BCUT2D eigenvalue weighted by atomic mass is 10.1. The minimum absolute atomic E-state index is 0.0218. The summed E-state index contributed by atoms with van der Waals surface area (Å²) in [6.45, 7) is 5.68. The van der Waals surface area contributed by atoms with E-state index in [1.807, 2.05) is 11.9 Å². The molecule has 1 aromatic carbocycles. The van der Waals surface area contributed by atoms with Gasteiger partial charge in [-0.25, -0.2) is 0 Å². The van der Waals surface area contributed by atoms with Crippen LogP contribution in [0.5, 0.6) is 17.2 Å². The second kappa shape index (κ2) is 6.67. The van der Waals surface area contributed by atoms with Crippen molar-refractivity contribution in [1.82, 2.24) is 10.2 Å². The van der Waals surface area contributed by atoms with Crippen LogP contribution >= 0.6 is 0 Å². The molecule has 1 aliphatic heterocycles. The van der Waals surface area contributed by atoms with Gasteiger partial charge in [-0.2, -0.15) is 0 Å². The Morgan fingerprint density at radius 3 is 2.71 bits per heavy atom. The SMILES string of the molecule is CC(C)CNC(=O)CN(C)Cc1cc2c(cc1O)OCO2. The fraction of sp³-hybridized carbons (Fsp3) is 0.533. The first-order valence-electron chi connectivity index (χ1n) is 7.02. The van der Waals surface area contributed by atoms with Gasteiger partial charge >= 0.3 is 0 Å². The zero-order valence-corrected chi connectivity index (χ0v) is 12.7. The first-order valence-corrected chi connectivity index (χ1v) is 7.02. The summed E-state index contributed by atoms with van der Waals surface area (Å²) in [5, 5.41) is 12.8. The molecule has 116 valence electrons. The van der Waals surface area contributed by atoms with E-state index in [0.29, 0.717) is 36.1 Å². The van der Waals surface area contributed by atoms with Gasteiger partial charge in [-0.3, -0.25) is 9.69 Å². The highest BCUT2D eigenvalue weighted by atomic mass is 16.7. The smallest absolute Gasteiger partial charge is 0.234 e. The fourth-order valence-corrected chi connectivity index (χ4v) is 2.07. The predicted molar refractivity (Wildman–Crippen MR) is 78.4 cm³/mol. The summed E-state index contributed by atoms with van der Waals surface area (Å²) in [5.74, 6) is 1.73. The van der Waals surface area contributed by atoms with E-state index in [0.717, 1.165) is 0 Å². The number of amides is 1. The van der Waals surface area contributed by atoms with E-state index < -0.39 is 0 Å². The minimum atomic E-state index is -0.0218. The Balaban J connectivity index is 1.91. The Hall–Kier alpha value is -1.95.